The van der Waals surface area contributed by atoms with Gasteiger partial charge >= 0.3 is 7.82 Å². The number of fused-ring (bicyclic) bond motifs is 5. The predicted molar refractivity (Wildman–Crippen MR) is 91.0 cm³/mol. The van der Waals surface area contributed by atoms with Crippen molar-refractivity contribution >= 4 is 7.82 Å². The van der Waals surface area contributed by atoms with Crippen LogP contribution in [0, 0.1) is 17.3 Å². The molecule has 4 rings (SSSR count). The van der Waals surface area contributed by atoms with Crippen LogP contribution < -0.4 is 0 Å². The molecule has 0 radical (unpaired) electrons. The maximum absolute atomic E-state index is 11.4. The van der Waals surface area contributed by atoms with Gasteiger partial charge in [0.05, 0.1) is 6.10 Å². The lowest BCUT2D eigenvalue weighted by atomic mass is 9.55. The number of benzene rings is 1. The lowest BCUT2D eigenvalue weighted by Crippen LogP contribution is -2.45. The van der Waals surface area contributed by atoms with Gasteiger partial charge in [-0.1, -0.05) is 13.0 Å². The summed E-state index contributed by atoms with van der Waals surface area (Å²) < 4.78 is 16.4. The van der Waals surface area contributed by atoms with Gasteiger partial charge in [-0.05, 0) is 73.1 Å². The summed E-state index contributed by atoms with van der Waals surface area (Å²) in [6, 6.07) is 5.60. The molecule has 3 aliphatic carbocycles. The summed E-state index contributed by atoms with van der Waals surface area (Å²) in [6.45, 7) is 2.01. The summed E-state index contributed by atoms with van der Waals surface area (Å²) in [4.78, 5) is 18.5. The first-order valence-electron chi connectivity index (χ1n) is 8.93. The molecule has 0 aliphatic heterocycles. The molecule has 0 heterocycles. The van der Waals surface area contributed by atoms with E-state index in [4.69, 9.17) is 4.52 Å². The van der Waals surface area contributed by atoms with E-state index in [0.29, 0.717) is 24.0 Å². The number of rotatable bonds is 2. The van der Waals surface area contributed by atoms with Crippen molar-refractivity contribution in [3.63, 3.8) is 0 Å². The normalized spacial score (nSPS) is 40.2. The number of aliphatic hydroxyl groups is 1. The van der Waals surface area contributed by atoms with E-state index in [2.05, 4.69) is 0 Å². The summed E-state index contributed by atoms with van der Waals surface area (Å²) in [7, 11) is -4.64. The van der Waals surface area contributed by atoms with E-state index in [9.17, 15) is 24.6 Å². The first-order chi connectivity index (χ1) is 11.7. The molecule has 2 fully saturated rings. The van der Waals surface area contributed by atoms with E-state index in [-0.39, 0.29) is 5.92 Å². The number of phosphoric acid groups is 1. The number of hydrogen-bond donors (Lipinski definition) is 4. The lowest BCUT2D eigenvalue weighted by molar-refractivity contribution is -0.0479. The Morgan fingerprint density at radius 3 is 2.76 bits per heavy atom. The Balaban J connectivity index is 1.65. The molecule has 0 aromatic heterocycles. The minimum atomic E-state index is -4.64. The SMILES string of the molecule is C[C@]12CC[C@@H]3c4ccc(O)cc4CC[C@H]3[C@@H]1C[C@@H](O)[C@@H]2OP(=O)(O)O. The maximum Gasteiger partial charge on any atom is 0.469 e. The zero-order valence-electron chi connectivity index (χ0n) is 14.2. The average Bonchev–Trinajstić information content (AvgIpc) is 2.77. The van der Waals surface area contributed by atoms with Crippen molar-refractivity contribution in [3.8, 4) is 5.75 Å². The van der Waals surface area contributed by atoms with Gasteiger partial charge in [0.15, 0.2) is 0 Å². The van der Waals surface area contributed by atoms with Crippen LogP contribution >= 0.6 is 7.82 Å². The lowest BCUT2D eigenvalue weighted by Gasteiger charge is -2.50. The van der Waals surface area contributed by atoms with Crippen LogP contribution in [0.1, 0.15) is 49.7 Å². The molecule has 7 heteroatoms. The minimum Gasteiger partial charge on any atom is -0.508 e. The molecule has 138 valence electrons. The highest BCUT2D eigenvalue weighted by molar-refractivity contribution is 7.46. The van der Waals surface area contributed by atoms with Crippen LogP contribution in [0.5, 0.6) is 5.75 Å². The van der Waals surface area contributed by atoms with Gasteiger partial charge in [-0.15, -0.1) is 0 Å². The number of aromatic hydroxyl groups is 1. The van der Waals surface area contributed by atoms with Gasteiger partial charge in [-0.2, -0.15) is 0 Å². The predicted octanol–water partition coefficient (Wildman–Crippen LogP) is 2.70. The van der Waals surface area contributed by atoms with Crippen molar-refractivity contribution in [2.24, 2.45) is 17.3 Å². The molecule has 6 nitrogen and oxygen atoms in total. The quantitative estimate of drug-likeness (QED) is 0.598. The Hall–Kier alpha value is -0.910. The maximum atomic E-state index is 11.4. The highest BCUT2D eigenvalue weighted by Crippen LogP contribution is 2.63. The van der Waals surface area contributed by atoms with Gasteiger partial charge in [-0.3, -0.25) is 4.52 Å². The topological polar surface area (TPSA) is 107 Å². The second-order valence-corrected chi connectivity index (χ2v) is 9.35. The van der Waals surface area contributed by atoms with E-state index >= 15 is 0 Å². The molecular weight excluding hydrogens is 343 g/mol. The number of phenolic OH excluding ortho intramolecular Hbond substituents is 1. The number of aryl methyl sites for hydroxylation is 1. The summed E-state index contributed by atoms with van der Waals surface area (Å²) in [5.41, 5.74) is 2.06. The minimum absolute atomic E-state index is 0.180. The van der Waals surface area contributed by atoms with Crippen LogP contribution in [0.2, 0.25) is 0 Å². The van der Waals surface area contributed by atoms with Crippen LogP contribution in [-0.2, 0) is 15.5 Å². The summed E-state index contributed by atoms with van der Waals surface area (Å²) >= 11 is 0. The van der Waals surface area contributed by atoms with Gasteiger partial charge < -0.3 is 20.0 Å². The van der Waals surface area contributed by atoms with Crippen LogP contribution in [0.25, 0.3) is 0 Å². The Bertz CT molecular complexity index is 730. The molecule has 2 saturated carbocycles. The zero-order chi connectivity index (χ0) is 18.0. The van der Waals surface area contributed by atoms with Crippen LogP contribution in [-0.4, -0.2) is 32.2 Å². The summed E-state index contributed by atoms with van der Waals surface area (Å²) in [5, 5.41) is 20.2. The van der Waals surface area contributed by atoms with Crippen molar-refractivity contribution in [3.05, 3.63) is 29.3 Å². The molecule has 0 spiro atoms. The largest absolute Gasteiger partial charge is 0.508 e. The number of hydrogen-bond acceptors (Lipinski definition) is 4. The monoisotopic (exact) mass is 368 g/mol. The molecule has 6 atom stereocenters. The molecule has 0 amide bonds. The van der Waals surface area contributed by atoms with Gasteiger partial charge in [-0.25, -0.2) is 4.57 Å². The third kappa shape index (κ3) is 2.84. The van der Waals surface area contributed by atoms with Crippen LogP contribution in [0.4, 0.5) is 0 Å². The Morgan fingerprint density at radius 2 is 2.04 bits per heavy atom. The van der Waals surface area contributed by atoms with Crippen molar-refractivity contribution in [2.45, 2.75) is 57.2 Å². The molecule has 1 aromatic rings. The molecule has 1 aromatic carbocycles. The fraction of sp³-hybridized carbons (Fsp3) is 0.667. The van der Waals surface area contributed by atoms with Crippen molar-refractivity contribution in [1.82, 2.24) is 0 Å². The van der Waals surface area contributed by atoms with Gasteiger partial charge in [0.1, 0.15) is 11.9 Å². The highest BCUT2D eigenvalue weighted by Gasteiger charge is 2.59. The molecule has 0 bridgehead atoms. The van der Waals surface area contributed by atoms with E-state index in [0.717, 1.165) is 25.7 Å². The molecule has 0 unspecified atom stereocenters. The van der Waals surface area contributed by atoms with Gasteiger partial charge in [0, 0.05) is 5.41 Å². The van der Waals surface area contributed by atoms with Crippen molar-refractivity contribution in [1.29, 1.82) is 0 Å². The van der Waals surface area contributed by atoms with Crippen molar-refractivity contribution < 1.29 is 29.1 Å². The first-order valence-corrected chi connectivity index (χ1v) is 10.5. The molecule has 4 N–H and O–H groups in total. The highest BCUT2D eigenvalue weighted by atomic mass is 31.2. The zero-order valence-corrected chi connectivity index (χ0v) is 15.1. The number of aliphatic hydroxyl groups excluding tert-OH is 1. The summed E-state index contributed by atoms with van der Waals surface area (Å²) in [5.74, 6) is 1.23. The summed E-state index contributed by atoms with van der Waals surface area (Å²) in [6.07, 6.45) is 2.39. The van der Waals surface area contributed by atoms with Crippen LogP contribution in [0.15, 0.2) is 18.2 Å². The Labute approximate surface area is 147 Å². The third-order valence-corrected chi connectivity index (χ3v) is 7.40. The molecule has 25 heavy (non-hydrogen) atoms. The Kier molecular flexibility index (Phi) is 4.06. The number of phenols is 1. The van der Waals surface area contributed by atoms with Crippen LogP contribution in [0.3, 0.4) is 0 Å². The molecule has 0 saturated heterocycles. The molecule has 3 aliphatic rings. The van der Waals surface area contributed by atoms with Crippen molar-refractivity contribution in [2.75, 3.05) is 0 Å². The molecular formula is C18H25O6P. The van der Waals surface area contributed by atoms with E-state index in [1.807, 2.05) is 19.1 Å². The average molecular weight is 368 g/mol. The van der Waals surface area contributed by atoms with Gasteiger partial charge in [0.2, 0.25) is 0 Å². The Morgan fingerprint density at radius 1 is 1.28 bits per heavy atom. The standard InChI is InChI=1S/C18H25O6P/c1-18-7-6-13-12-5-3-11(19)8-10(12)2-4-14(13)15(18)9-16(20)17(18)24-25(21,22)23/h3,5,8,13-17,19-20H,2,4,6-7,9H2,1H3,(H2,21,22,23)/t13-,14-,15+,16-,17+,18+/m1/s1. The fourth-order valence-corrected chi connectivity index (χ4v) is 6.55. The van der Waals surface area contributed by atoms with Gasteiger partial charge in [0.25, 0.3) is 0 Å². The second-order valence-electron chi connectivity index (χ2n) is 8.16. The smallest absolute Gasteiger partial charge is 0.469 e. The third-order valence-electron chi connectivity index (χ3n) is 6.89. The van der Waals surface area contributed by atoms with E-state index in [1.165, 1.54) is 11.1 Å². The second kappa shape index (κ2) is 5.80. The number of phosphoric ester groups is 1. The fourth-order valence-electron chi connectivity index (χ4n) is 5.88. The first kappa shape index (κ1) is 17.5. The van der Waals surface area contributed by atoms with E-state index in [1.54, 1.807) is 6.07 Å². The van der Waals surface area contributed by atoms with E-state index < -0.39 is 25.4 Å².